The maximum Gasteiger partial charge on any atom is 0.0603 e. The highest BCUT2D eigenvalue weighted by atomic mass is 15.0. The molecule has 0 saturated carbocycles. The summed E-state index contributed by atoms with van der Waals surface area (Å²) in [6.07, 6.45) is 7.72. The minimum Gasteiger partial charge on any atom is -0.345 e. The lowest BCUT2D eigenvalue weighted by molar-refractivity contribution is 0.419. The lowest BCUT2D eigenvalue weighted by atomic mass is 9.89. The Bertz CT molecular complexity index is 416. The van der Waals surface area contributed by atoms with Crippen molar-refractivity contribution in [2.24, 2.45) is 0 Å². The van der Waals surface area contributed by atoms with Crippen LogP contribution in [0.3, 0.4) is 0 Å². The maximum absolute atomic E-state index is 2.33. The maximum atomic E-state index is 2.33. The highest BCUT2D eigenvalue weighted by Gasteiger charge is 2.28. The molecular formula is C14H19N. The summed E-state index contributed by atoms with van der Waals surface area (Å²) in [4.78, 5) is 0. The van der Waals surface area contributed by atoms with Gasteiger partial charge >= 0.3 is 0 Å². The van der Waals surface area contributed by atoms with E-state index in [-0.39, 0.29) is 5.54 Å². The Morgan fingerprint density at radius 2 is 1.73 bits per heavy atom. The molecule has 0 bridgehead atoms. The third-order valence-corrected chi connectivity index (χ3v) is 3.65. The zero-order valence-electron chi connectivity index (χ0n) is 10.0. The summed E-state index contributed by atoms with van der Waals surface area (Å²) in [5, 5.41) is 0. The Labute approximate surface area is 92.1 Å². The first-order valence-electron chi connectivity index (χ1n) is 5.54. The molecule has 0 aliphatic heterocycles. The van der Waals surface area contributed by atoms with Crippen LogP contribution in [0.2, 0.25) is 0 Å². The Hall–Kier alpha value is -1.24. The summed E-state index contributed by atoms with van der Waals surface area (Å²) in [5.74, 6) is 0. The molecule has 0 fully saturated rings. The van der Waals surface area contributed by atoms with Crippen LogP contribution in [0.1, 0.15) is 34.1 Å². The van der Waals surface area contributed by atoms with Gasteiger partial charge in [-0.2, -0.15) is 0 Å². The van der Waals surface area contributed by atoms with Crippen LogP contribution < -0.4 is 0 Å². The van der Waals surface area contributed by atoms with Gasteiger partial charge in [0.1, 0.15) is 0 Å². The Balaban J connectivity index is 2.41. The van der Waals surface area contributed by atoms with Gasteiger partial charge in [-0.1, -0.05) is 11.6 Å². The first kappa shape index (κ1) is 10.3. The van der Waals surface area contributed by atoms with Crippen molar-refractivity contribution in [2.75, 3.05) is 0 Å². The molecule has 0 unspecified atom stereocenters. The van der Waals surface area contributed by atoms with Gasteiger partial charge < -0.3 is 4.57 Å². The molecule has 80 valence electrons. The van der Waals surface area contributed by atoms with E-state index in [1.165, 1.54) is 16.7 Å². The number of allylic oxidation sites excluding steroid dienone is 4. The average Bonchev–Trinajstić information content (AvgIpc) is 2.78. The van der Waals surface area contributed by atoms with Crippen molar-refractivity contribution in [3.05, 3.63) is 47.3 Å². The van der Waals surface area contributed by atoms with Crippen molar-refractivity contribution in [3.8, 4) is 0 Å². The Kier molecular flexibility index (Phi) is 2.34. The van der Waals surface area contributed by atoms with Crippen LogP contribution in [-0.4, -0.2) is 4.57 Å². The van der Waals surface area contributed by atoms with E-state index in [4.69, 9.17) is 0 Å². The summed E-state index contributed by atoms with van der Waals surface area (Å²) in [7, 11) is 0. The Morgan fingerprint density at radius 3 is 2.20 bits per heavy atom. The predicted molar refractivity (Wildman–Crippen MR) is 64.8 cm³/mol. The standard InChI is InChI=1S/C14H19N/c1-11-7-8-13(12(11)2)14(3,4)15-9-5-6-10-15/h5-7,9-10H,8H2,1-4H3. The number of hydrogen-bond acceptors (Lipinski definition) is 0. The van der Waals surface area contributed by atoms with Gasteiger partial charge in [0.15, 0.2) is 0 Å². The van der Waals surface area contributed by atoms with Crippen LogP contribution >= 0.6 is 0 Å². The molecule has 0 saturated heterocycles. The van der Waals surface area contributed by atoms with Gasteiger partial charge in [0, 0.05) is 12.4 Å². The summed E-state index contributed by atoms with van der Waals surface area (Å²) in [6.45, 7) is 9.02. The second-order valence-electron chi connectivity index (χ2n) is 4.84. The fraction of sp³-hybridized carbons (Fsp3) is 0.429. The third kappa shape index (κ3) is 1.56. The summed E-state index contributed by atoms with van der Waals surface area (Å²) < 4.78 is 2.29. The number of aromatic nitrogens is 1. The van der Waals surface area contributed by atoms with Gasteiger partial charge in [-0.05, 0) is 57.4 Å². The first-order valence-corrected chi connectivity index (χ1v) is 5.54. The van der Waals surface area contributed by atoms with Gasteiger partial charge in [-0.25, -0.2) is 0 Å². The van der Waals surface area contributed by atoms with E-state index in [0.29, 0.717) is 0 Å². The predicted octanol–water partition coefficient (Wildman–Crippen LogP) is 3.89. The smallest absolute Gasteiger partial charge is 0.0603 e. The molecule has 0 amide bonds. The van der Waals surface area contributed by atoms with Crippen LogP contribution in [0.5, 0.6) is 0 Å². The molecule has 2 rings (SSSR count). The second-order valence-corrected chi connectivity index (χ2v) is 4.84. The molecule has 0 radical (unpaired) electrons. The zero-order chi connectivity index (χ0) is 11.1. The Morgan fingerprint density at radius 1 is 1.13 bits per heavy atom. The molecule has 15 heavy (non-hydrogen) atoms. The number of rotatable bonds is 2. The van der Waals surface area contributed by atoms with Crippen molar-refractivity contribution in [2.45, 2.75) is 39.7 Å². The number of hydrogen-bond donors (Lipinski definition) is 0. The van der Waals surface area contributed by atoms with Crippen molar-refractivity contribution >= 4 is 0 Å². The molecule has 1 aromatic heterocycles. The quantitative estimate of drug-likeness (QED) is 0.684. The highest BCUT2D eigenvalue weighted by molar-refractivity contribution is 5.43. The normalized spacial score (nSPS) is 17.2. The van der Waals surface area contributed by atoms with Gasteiger partial charge in [-0.15, -0.1) is 0 Å². The molecule has 0 N–H and O–H groups in total. The third-order valence-electron chi connectivity index (χ3n) is 3.65. The fourth-order valence-corrected chi connectivity index (χ4v) is 2.37. The fourth-order valence-electron chi connectivity index (χ4n) is 2.37. The molecule has 1 aliphatic carbocycles. The van der Waals surface area contributed by atoms with Gasteiger partial charge in [-0.3, -0.25) is 0 Å². The number of nitrogens with zero attached hydrogens (tertiary/aromatic N) is 1. The average molecular weight is 201 g/mol. The second kappa shape index (κ2) is 3.41. The van der Waals surface area contributed by atoms with Gasteiger partial charge in [0.05, 0.1) is 5.54 Å². The molecule has 1 heteroatoms. The molecular weight excluding hydrogens is 182 g/mol. The summed E-state index contributed by atoms with van der Waals surface area (Å²) >= 11 is 0. The van der Waals surface area contributed by atoms with Gasteiger partial charge in [0.25, 0.3) is 0 Å². The van der Waals surface area contributed by atoms with Crippen LogP contribution in [-0.2, 0) is 5.54 Å². The minimum atomic E-state index is 0.0991. The molecule has 0 aromatic carbocycles. The van der Waals surface area contributed by atoms with E-state index in [2.05, 4.69) is 62.9 Å². The van der Waals surface area contributed by atoms with E-state index in [9.17, 15) is 0 Å². The van der Waals surface area contributed by atoms with Crippen LogP contribution in [0, 0.1) is 0 Å². The molecule has 1 heterocycles. The summed E-state index contributed by atoms with van der Waals surface area (Å²) in [6, 6.07) is 4.18. The van der Waals surface area contributed by atoms with E-state index in [1.807, 2.05) is 0 Å². The van der Waals surface area contributed by atoms with Gasteiger partial charge in [0.2, 0.25) is 0 Å². The van der Waals surface area contributed by atoms with E-state index >= 15 is 0 Å². The SMILES string of the molecule is CC1=CCC(C(C)(C)n2cccc2)=C1C. The molecule has 1 aromatic rings. The van der Waals surface area contributed by atoms with Crippen LogP contribution in [0.25, 0.3) is 0 Å². The largest absolute Gasteiger partial charge is 0.345 e. The summed E-state index contributed by atoms with van der Waals surface area (Å²) in [5.41, 5.74) is 4.54. The first-order chi connectivity index (χ1) is 7.03. The van der Waals surface area contributed by atoms with Crippen LogP contribution in [0.15, 0.2) is 47.3 Å². The highest BCUT2D eigenvalue weighted by Crippen LogP contribution is 2.37. The molecule has 1 nitrogen and oxygen atoms in total. The molecule has 1 aliphatic rings. The topological polar surface area (TPSA) is 4.93 Å². The van der Waals surface area contributed by atoms with E-state index in [1.54, 1.807) is 0 Å². The monoisotopic (exact) mass is 201 g/mol. The minimum absolute atomic E-state index is 0.0991. The van der Waals surface area contributed by atoms with Crippen molar-refractivity contribution in [3.63, 3.8) is 0 Å². The van der Waals surface area contributed by atoms with E-state index < -0.39 is 0 Å². The zero-order valence-corrected chi connectivity index (χ0v) is 10.0. The van der Waals surface area contributed by atoms with Crippen molar-refractivity contribution in [1.82, 2.24) is 4.57 Å². The van der Waals surface area contributed by atoms with Crippen molar-refractivity contribution < 1.29 is 0 Å². The lowest BCUT2D eigenvalue weighted by Gasteiger charge is -2.30. The molecule has 0 atom stereocenters. The van der Waals surface area contributed by atoms with Crippen molar-refractivity contribution in [1.29, 1.82) is 0 Å². The van der Waals surface area contributed by atoms with Crippen LogP contribution in [0.4, 0.5) is 0 Å². The van der Waals surface area contributed by atoms with E-state index in [0.717, 1.165) is 6.42 Å². The molecule has 0 spiro atoms. The lowest BCUT2D eigenvalue weighted by Crippen LogP contribution is -2.27.